The number of anilines is 2. The third-order valence-corrected chi connectivity index (χ3v) is 4.77. The monoisotopic (exact) mass is 436 g/mol. The fourth-order valence-electron chi connectivity index (χ4n) is 2.79. The first kappa shape index (κ1) is 19.4. The van der Waals surface area contributed by atoms with E-state index in [1.807, 2.05) is 18.2 Å². The zero-order valence-electron chi connectivity index (χ0n) is 14.9. The first-order chi connectivity index (χ1) is 13.0. The van der Waals surface area contributed by atoms with Crippen LogP contribution in [0.15, 0.2) is 39.3 Å². The minimum absolute atomic E-state index is 0.0722. The molecule has 8 nitrogen and oxygen atoms in total. The van der Waals surface area contributed by atoms with Crippen molar-refractivity contribution in [2.45, 2.75) is 25.9 Å². The lowest BCUT2D eigenvalue weighted by Crippen LogP contribution is -2.44. The van der Waals surface area contributed by atoms with E-state index in [2.05, 4.69) is 31.7 Å². The molecule has 0 aliphatic carbocycles. The minimum Gasteiger partial charge on any atom is -0.376 e. The van der Waals surface area contributed by atoms with Crippen LogP contribution in [0, 0.1) is 6.92 Å². The second-order valence-corrected chi connectivity index (χ2v) is 7.15. The predicted octanol–water partition coefficient (Wildman–Crippen LogP) is 3.40. The molecule has 1 aromatic carbocycles. The van der Waals surface area contributed by atoms with Gasteiger partial charge in [-0.1, -0.05) is 17.3 Å². The van der Waals surface area contributed by atoms with Crippen molar-refractivity contribution >= 4 is 39.4 Å². The Bertz CT molecular complexity index is 804. The fraction of sp³-hybridized carbons (Fsp3) is 0.389. The van der Waals surface area contributed by atoms with E-state index in [4.69, 9.17) is 9.26 Å². The molecular formula is C18H21BrN4O4. The quantitative estimate of drug-likeness (QED) is 0.722. The zero-order valence-corrected chi connectivity index (χ0v) is 16.5. The average molecular weight is 437 g/mol. The molecule has 1 saturated heterocycles. The van der Waals surface area contributed by atoms with Crippen molar-refractivity contribution in [2.75, 3.05) is 30.3 Å². The van der Waals surface area contributed by atoms with Crippen molar-refractivity contribution < 1.29 is 18.8 Å². The van der Waals surface area contributed by atoms with Crippen LogP contribution < -0.4 is 10.6 Å². The summed E-state index contributed by atoms with van der Waals surface area (Å²) in [6, 6.07) is 8.54. The lowest BCUT2D eigenvalue weighted by molar-refractivity contribution is -0.117. The molecule has 1 aliphatic rings. The topological polar surface area (TPSA) is 96.7 Å². The molecule has 1 atom stereocenters. The number of para-hydroxylation sites is 1. The summed E-state index contributed by atoms with van der Waals surface area (Å²) in [4.78, 5) is 26.6. The molecule has 1 aromatic heterocycles. The number of carbonyl (C=O) groups is 2. The molecular weight excluding hydrogens is 416 g/mol. The van der Waals surface area contributed by atoms with Crippen molar-refractivity contribution in [3.05, 3.63) is 40.6 Å². The Kier molecular flexibility index (Phi) is 6.46. The molecule has 0 bridgehead atoms. The largest absolute Gasteiger partial charge is 0.376 e. The predicted molar refractivity (Wildman–Crippen MR) is 104 cm³/mol. The number of hydrogen-bond donors (Lipinski definition) is 2. The average Bonchev–Trinajstić information content (AvgIpc) is 3.28. The number of aryl methyl sites for hydroxylation is 1. The molecule has 2 N–H and O–H groups in total. The van der Waals surface area contributed by atoms with E-state index >= 15 is 0 Å². The molecule has 2 heterocycles. The van der Waals surface area contributed by atoms with Gasteiger partial charge in [-0.3, -0.25) is 4.79 Å². The van der Waals surface area contributed by atoms with E-state index in [0.29, 0.717) is 30.4 Å². The molecule has 0 saturated carbocycles. The van der Waals surface area contributed by atoms with Gasteiger partial charge in [0.25, 0.3) is 0 Å². The number of nitrogens with zero attached hydrogens (tertiary/aromatic N) is 2. The number of hydrogen-bond acceptors (Lipinski definition) is 5. The van der Waals surface area contributed by atoms with Gasteiger partial charge >= 0.3 is 6.03 Å². The Morgan fingerprint density at radius 3 is 2.81 bits per heavy atom. The Hall–Kier alpha value is -2.39. The summed E-state index contributed by atoms with van der Waals surface area (Å²) < 4.78 is 11.3. The molecule has 144 valence electrons. The van der Waals surface area contributed by atoms with Gasteiger partial charge in [0.05, 0.1) is 11.8 Å². The second-order valence-electron chi connectivity index (χ2n) is 6.30. The van der Waals surface area contributed by atoms with Gasteiger partial charge in [-0.05, 0) is 47.8 Å². The normalized spacial score (nSPS) is 16.1. The van der Waals surface area contributed by atoms with Crippen molar-refractivity contribution in [2.24, 2.45) is 0 Å². The van der Waals surface area contributed by atoms with Crippen LogP contribution in [0.3, 0.4) is 0 Å². The Labute approximate surface area is 165 Å². The summed E-state index contributed by atoms with van der Waals surface area (Å²) in [5, 5.41) is 9.19. The van der Waals surface area contributed by atoms with Gasteiger partial charge in [-0.15, -0.1) is 0 Å². The number of nitrogens with one attached hydrogen (secondary N) is 2. The fourth-order valence-corrected chi connectivity index (χ4v) is 3.18. The van der Waals surface area contributed by atoms with Crippen LogP contribution in [0.5, 0.6) is 0 Å². The van der Waals surface area contributed by atoms with Gasteiger partial charge in [-0.25, -0.2) is 4.79 Å². The van der Waals surface area contributed by atoms with E-state index in [1.165, 1.54) is 4.90 Å². The SMILES string of the molecule is Cc1cc(NC(=O)CN(CC2CCCO2)C(=O)Nc2ccccc2Br)no1. The molecule has 1 fully saturated rings. The Balaban J connectivity index is 1.66. The van der Waals surface area contributed by atoms with Crippen LogP contribution in [0.25, 0.3) is 0 Å². The molecule has 1 unspecified atom stereocenters. The standard InChI is InChI=1S/C18H21BrN4O4/c1-12-9-16(22-27-12)21-17(24)11-23(10-13-5-4-8-26-13)18(25)20-15-7-3-2-6-14(15)19/h2-3,6-7,9,13H,4-5,8,10-11H2,1H3,(H,20,25)(H,21,22,24). The highest BCUT2D eigenvalue weighted by Crippen LogP contribution is 2.22. The van der Waals surface area contributed by atoms with Crippen LogP contribution in [-0.2, 0) is 9.53 Å². The maximum absolute atomic E-state index is 12.8. The smallest absolute Gasteiger partial charge is 0.322 e. The Morgan fingerprint density at radius 2 is 2.15 bits per heavy atom. The molecule has 3 rings (SSSR count). The summed E-state index contributed by atoms with van der Waals surface area (Å²) in [5.41, 5.74) is 0.632. The molecule has 27 heavy (non-hydrogen) atoms. The van der Waals surface area contributed by atoms with Crippen molar-refractivity contribution in [3.8, 4) is 0 Å². The van der Waals surface area contributed by atoms with Gasteiger partial charge in [0.15, 0.2) is 5.82 Å². The molecule has 1 aliphatic heterocycles. The van der Waals surface area contributed by atoms with Crippen LogP contribution in [0.1, 0.15) is 18.6 Å². The van der Waals surface area contributed by atoms with Gasteiger partial charge < -0.3 is 24.8 Å². The van der Waals surface area contributed by atoms with Crippen LogP contribution in [-0.4, -0.2) is 47.8 Å². The van der Waals surface area contributed by atoms with Gasteiger partial charge in [0.2, 0.25) is 5.91 Å². The number of aromatic nitrogens is 1. The second kappa shape index (κ2) is 9.01. The van der Waals surface area contributed by atoms with Crippen LogP contribution in [0.4, 0.5) is 16.3 Å². The number of ether oxygens (including phenoxy) is 1. The highest BCUT2D eigenvalue weighted by Gasteiger charge is 2.25. The number of benzene rings is 1. The molecule has 0 spiro atoms. The highest BCUT2D eigenvalue weighted by molar-refractivity contribution is 9.10. The molecule has 3 amide bonds. The summed E-state index contributed by atoms with van der Waals surface area (Å²) >= 11 is 3.40. The number of urea groups is 1. The third-order valence-electron chi connectivity index (χ3n) is 4.08. The zero-order chi connectivity index (χ0) is 19.2. The third kappa shape index (κ3) is 5.54. The summed E-state index contributed by atoms with van der Waals surface area (Å²) in [6.45, 7) is 2.62. The van der Waals surface area contributed by atoms with Crippen LogP contribution >= 0.6 is 15.9 Å². The lowest BCUT2D eigenvalue weighted by Gasteiger charge is -2.25. The van der Waals surface area contributed by atoms with Gasteiger partial charge in [-0.2, -0.15) is 0 Å². The molecule has 0 radical (unpaired) electrons. The van der Waals surface area contributed by atoms with E-state index in [9.17, 15) is 9.59 Å². The van der Waals surface area contributed by atoms with E-state index < -0.39 is 0 Å². The minimum atomic E-state index is -0.371. The van der Waals surface area contributed by atoms with Crippen molar-refractivity contribution in [1.29, 1.82) is 0 Å². The molecule has 9 heteroatoms. The first-order valence-corrected chi connectivity index (χ1v) is 9.46. The lowest BCUT2D eigenvalue weighted by atomic mass is 10.2. The van der Waals surface area contributed by atoms with Crippen LogP contribution in [0.2, 0.25) is 0 Å². The van der Waals surface area contributed by atoms with Gasteiger partial charge in [0, 0.05) is 23.7 Å². The summed E-state index contributed by atoms with van der Waals surface area (Å²) in [5.74, 6) is 0.553. The number of amides is 3. The summed E-state index contributed by atoms with van der Waals surface area (Å²) in [6.07, 6.45) is 1.74. The highest BCUT2D eigenvalue weighted by atomic mass is 79.9. The van der Waals surface area contributed by atoms with E-state index in [0.717, 1.165) is 17.3 Å². The van der Waals surface area contributed by atoms with Gasteiger partial charge in [0.1, 0.15) is 12.3 Å². The van der Waals surface area contributed by atoms with E-state index in [1.54, 1.807) is 19.1 Å². The van der Waals surface area contributed by atoms with E-state index in [-0.39, 0.29) is 24.6 Å². The number of halogens is 1. The first-order valence-electron chi connectivity index (χ1n) is 8.66. The van der Waals surface area contributed by atoms with Crippen molar-refractivity contribution in [1.82, 2.24) is 10.1 Å². The summed E-state index contributed by atoms with van der Waals surface area (Å²) in [7, 11) is 0. The van der Waals surface area contributed by atoms with Crippen molar-refractivity contribution in [3.63, 3.8) is 0 Å². The molecule has 2 aromatic rings. The number of rotatable bonds is 6. The number of carbonyl (C=O) groups excluding carboxylic acids is 2. The maximum Gasteiger partial charge on any atom is 0.322 e. The maximum atomic E-state index is 12.8. The Morgan fingerprint density at radius 1 is 1.33 bits per heavy atom.